The fraction of sp³-hybridized carbons (Fsp3) is 0.625. The number of nitrogens with zero attached hydrogens (tertiary/aromatic N) is 1. The molecule has 1 aromatic rings. The van der Waals surface area contributed by atoms with E-state index in [2.05, 4.69) is 10.3 Å². The van der Waals surface area contributed by atoms with Crippen LogP contribution in [0.25, 0.3) is 0 Å². The van der Waals surface area contributed by atoms with Crippen molar-refractivity contribution in [2.24, 2.45) is 0 Å². The molecule has 0 spiro atoms. The number of pyridine rings is 1. The summed E-state index contributed by atoms with van der Waals surface area (Å²) < 4.78 is 15.9. The van der Waals surface area contributed by atoms with Gasteiger partial charge < -0.3 is 19.5 Å². The van der Waals surface area contributed by atoms with Gasteiger partial charge in [-0.25, -0.2) is 4.98 Å². The highest BCUT2D eigenvalue weighted by Gasteiger charge is 2.28. The van der Waals surface area contributed by atoms with E-state index in [1.807, 2.05) is 13.8 Å². The Labute approximate surface area is 132 Å². The van der Waals surface area contributed by atoms with Crippen LogP contribution in [0.15, 0.2) is 12.1 Å². The van der Waals surface area contributed by atoms with E-state index in [-0.39, 0.29) is 5.91 Å². The number of carbonyl (C=O) groups excluding carboxylic acids is 1. The Bertz CT molecular complexity index is 489. The first-order valence-electron chi connectivity index (χ1n) is 7.45. The van der Waals surface area contributed by atoms with Crippen molar-refractivity contribution in [3.05, 3.63) is 17.8 Å². The monoisotopic (exact) mass is 310 g/mol. The van der Waals surface area contributed by atoms with Crippen LogP contribution in [0.1, 0.15) is 32.9 Å². The number of ether oxygens (including phenoxy) is 3. The molecule has 0 aliphatic rings. The maximum absolute atomic E-state index is 12.3. The molecule has 0 aromatic carbocycles. The number of aryl methyl sites for hydroxylation is 1. The lowest BCUT2D eigenvalue weighted by Gasteiger charge is -2.24. The van der Waals surface area contributed by atoms with Crippen LogP contribution in [0.3, 0.4) is 0 Å². The summed E-state index contributed by atoms with van der Waals surface area (Å²) in [5.74, 6) is 0.313. The second-order valence-corrected chi connectivity index (χ2v) is 5.44. The van der Waals surface area contributed by atoms with Crippen LogP contribution in [-0.4, -0.2) is 43.4 Å². The Morgan fingerprint density at radius 3 is 2.59 bits per heavy atom. The van der Waals surface area contributed by atoms with Crippen molar-refractivity contribution in [2.75, 3.05) is 32.2 Å². The molecule has 6 heteroatoms. The number of carbonyl (C=O) groups is 1. The summed E-state index contributed by atoms with van der Waals surface area (Å²) >= 11 is 0. The van der Waals surface area contributed by atoms with Gasteiger partial charge in [-0.05, 0) is 33.3 Å². The smallest absolute Gasteiger partial charge is 0.256 e. The molecule has 0 aliphatic carbocycles. The number of nitrogens with one attached hydrogen (secondary N) is 1. The standard InChI is InChI=1S/C16H26N2O4/c1-6-9-22-16(3,4)15(19)18-13-7-8-14(17-12(13)2)21-11-10-20-5/h7-8H,6,9-11H2,1-5H3,(H,18,19). The Morgan fingerprint density at radius 2 is 2.00 bits per heavy atom. The van der Waals surface area contributed by atoms with Gasteiger partial charge in [0, 0.05) is 19.8 Å². The Morgan fingerprint density at radius 1 is 1.27 bits per heavy atom. The molecule has 22 heavy (non-hydrogen) atoms. The molecular weight excluding hydrogens is 284 g/mol. The van der Waals surface area contributed by atoms with Gasteiger partial charge in [-0.1, -0.05) is 6.92 Å². The number of amides is 1. The lowest BCUT2D eigenvalue weighted by atomic mass is 10.1. The predicted molar refractivity (Wildman–Crippen MR) is 85.3 cm³/mol. The summed E-state index contributed by atoms with van der Waals surface area (Å²) in [6, 6.07) is 3.50. The highest BCUT2D eigenvalue weighted by molar-refractivity contribution is 5.97. The fourth-order valence-electron chi connectivity index (χ4n) is 1.68. The highest BCUT2D eigenvalue weighted by atomic mass is 16.5. The molecule has 124 valence electrons. The first-order chi connectivity index (χ1) is 10.4. The van der Waals surface area contributed by atoms with Crippen molar-refractivity contribution < 1.29 is 19.0 Å². The zero-order chi connectivity index (χ0) is 16.6. The third kappa shape index (κ3) is 5.61. The summed E-state index contributed by atoms with van der Waals surface area (Å²) in [4.78, 5) is 16.6. The van der Waals surface area contributed by atoms with Gasteiger partial charge in [0.1, 0.15) is 12.2 Å². The lowest BCUT2D eigenvalue weighted by molar-refractivity contribution is -0.137. The number of aromatic nitrogens is 1. The van der Waals surface area contributed by atoms with Crippen LogP contribution >= 0.6 is 0 Å². The van der Waals surface area contributed by atoms with Gasteiger partial charge in [-0.2, -0.15) is 0 Å². The van der Waals surface area contributed by atoms with E-state index in [0.29, 0.717) is 37.1 Å². The summed E-state index contributed by atoms with van der Waals surface area (Å²) in [6.07, 6.45) is 0.866. The van der Waals surface area contributed by atoms with Crippen molar-refractivity contribution >= 4 is 11.6 Å². The molecule has 0 saturated heterocycles. The number of anilines is 1. The molecule has 0 bridgehead atoms. The van der Waals surface area contributed by atoms with Gasteiger partial charge in [0.15, 0.2) is 0 Å². The maximum atomic E-state index is 12.3. The molecule has 6 nitrogen and oxygen atoms in total. The fourth-order valence-corrected chi connectivity index (χ4v) is 1.68. The molecule has 1 amide bonds. The molecule has 1 N–H and O–H groups in total. The molecule has 1 rings (SSSR count). The lowest BCUT2D eigenvalue weighted by Crippen LogP contribution is -2.40. The molecule has 0 radical (unpaired) electrons. The van der Waals surface area contributed by atoms with E-state index in [4.69, 9.17) is 14.2 Å². The average molecular weight is 310 g/mol. The van der Waals surface area contributed by atoms with E-state index in [1.165, 1.54) is 0 Å². The Balaban J connectivity index is 2.67. The maximum Gasteiger partial charge on any atom is 0.256 e. The molecule has 1 aromatic heterocycles. The first-order valence-corrected chi connectivity index (χ1v) is 7.45. The van der Waals surface area contributed by atoms with E-state index in [1.54, 1.807) is 33.1 Å². The normalized spacial score (nSPS) is 11.3. The van der Waals surface area contributed by atoms with Gasteiger partial charge in [0.25, 0.3) is 5.91 Å². The molecular formula is C16H26N2O4. The Kier molecular flexibility index (Phi) is 7.27. The van der Waals surface area contributed by atoms with E-state index < -0.39 is 5.60 Å². The van der Waals surface area contributed by atoms with Crippen LogP contribution in [0, 0.1) is 6.92 Å². The predicted octanol–water partition coefficient (Wildman–Crippen LogP) is 2.56. The van der Waals surface area contributed by atoms with E-state index in [9.17, 15) is 4.79 Å². The number of hydrogen-bond acceptors (Lipinski definition) is 5. The molecule has 0 aliphatic heterocycles. The summed E-state index contributed by atoms with van der Waals surface area (Å²) in [7, 11) is 1.61. The van der Waals surface area contributed by atoms with E-state index >= 15 is 0 Å². The Hall–Kier alpha value is -1.66. The van der Waals surface area contributed by atoms with Crippen molar-refractivity contribution in [3.8, 4) is 5.88 Å². The second kappa shape index (κ2) is 8.70. The van der Waals surface area contributed by atoms with Crippen molar-refractivity contribution in [1.29, 1.82) is 0 Å². The van der Waals surface area contributed by atoms with E-state index in [0.717, 1.165) is 6.42 Å². The minimum absolute atomic E-state index is 0.195. The highest BCUT2D eigenvalue weighted by Crippen LogP contribution is 2.20. The van der Waals surface area contributed by atoms with Crippen molar-refractivity contribution in [2.45, 2.75) is 39.7 Å². The zero-order valence-electron chi connectivity index (χ0n) is 14.1. The van der Waals surface area contributed by atoms with Gasteiger partial charge in [0.2, 0.25) is 5.88 Å². The summed E-state index contributed by atoms with van der Waals surface area (Å²) in [6.45, 7) is 8.81. The first kappa shape index (κ1) is 18.4. The summed E-state index contributed by atoms with van der Waals surface area (Å²) in [5, 5.41) is 2.85. The number of methoxy groups -OCH3 is 1. The number of rotatable bonds is 9. The topological polar surface area (TPSA) is 69.7 Å². The second-order valence-electron chi connectivity index (χ2n) is 5.44. The minimum Gasteiger partial charge on any atom is -0.475 e. The van der Waals surface area contributed by atoms with Crippen LogP contribution in [0.4, 0.5) is 5.69 Å². The van der Waals surface area contributed by atoms with Crippen LogP contribution in [0.5, 0.6) is 5.88 Å². The molecule has 0 unspecified atom stereocenters. The van der Waals surface area contributed by atoms with Crippen LogP contribution in [-0.2, 0) is 14.3 Å². The van der Waals surface area contributed by atoms with Crippen molar-refractivity contribution in [1.82, 2.24) is 4.98 Å². The van der Waals surface area contributed by atoms with Crippen molar-refractivity contribution in [3.63, 3.8) is 0 Å². The van der Waals surface area contributed by atoms with Gasteiger partial charge in [-0.15, -0.1) is 0 Å². The van der Waals surface area contributed by atoms with Gasteiger partial charge in [0.05, 0.1) is 18.0 Å². The third-order valence-electron chi connectivity index (χ3n) is 3.06. The molecule has 1 heterocycles. The summed E-state index contributed by atoms with van der Waals surface area (Å²) in [5.41, 5.74) is 0.461. The third-order valence-corrected chi connectivity index (χ3v) is 3.06. The SMILES string of the molecule is CCCOC(C)(C)C(=O)Nc1ccc(OCCOC)nc1C. The minimum atomic E-state index is -0.879. The van der Waals surface area contributed by atoms with Crippen LogP contribution < -0.4 is 10.1 Å². The average Bonchev–Trinajstić information content (AvgIpc) is 2.48. The largest absolute Gasteiger partial charge is 0.475 e. The quantitative estimate of drug-likeness (QED) is 0.710. The zero-order valence-corrected chi connectivity index (χ0v) is 14.1. The molecule has 0 atom stereocenters. The van der Waals surface area contributed by atoms with Gasteiger partial charge >= 0.3 is 0 Å². The molecule has 0 saturated carbocycles. The number of hydrogen-bond donors (Lipinski definition) is 1. The van der Waals surface area contributed by atoms with Gasteiger partial charge in [-0.3, -0.25) is 4.79 Å². The molecule has 0 fully saturated rings. The van der Waals surface area contributed by atoms with Crippen LogP contribution in [0.2, 0.25) is 0 Å².